The highest BCUT2D eigenvalue weighted by molar-refractivity contribution is 7.80. The topological polar surface area (TPSA) is 124 Å². The zero-order chi connectivity index (χ0) is 20.2. The van der Waals surface area contributed by atoms with Crippen molar-refractivity contribution in [2.75, 3.05) is 6.54 Å². The molecule has 0 aliphatic carbocycles. The van der Waals surface area contributed by atoms with Crippen molar-refractivity contribution in [3.8, 4) is 11.1 Å². The summed E-state index contributed by atoms with van der Waals surface area (Å²) < 4.78 is 48.8. The van der Waals surface area contributed by atoms with Crippen LogP contribution in [0.3, 0.4) is 0 Å². The number of rotatable bonds is 4. The fourth-order valence-corrected chi connectivity index (χ4v) is 3.96. The molecule has 0 radical (unpaired) electrons. The van der Waals surface area contributed by atoms with E-state index in [1.54, 1.807) is 12.1 Å². The average molecular weight is 408 g/mol. The normalized spacial score (nSPS) is 21.0. The van der Waals surface area contributed by atoms with Crippen LogP contribution in [0.25, 0.3) is 11.1 Å². The first kappa shape index (κ1) is 18.3. The monoisotopic (exact) mass is 408 g/mol. The average Bonchev–Trinajstić information content (AvgIpc) is 2.88. The molecule has 2 aliphatic rings. The number of amides is 2. The zero-order valence-electron chi connectivity index (χ0n) is 14.0. The molecule has 2 atom stereocenters. The van der Waals surface area contributed by atoms with E-state index in [1.165, 1.54) is 30.3 Å². The first-order valence-electron chi connectivity index (χ1n) is 8.05. The summed E-state index contributed by atoms with van der Waals surface area (Å²) in [5, 5.41) is 10.0. The molecule has 4 rings (SSSR count). The van der Waals surface area contributed by atoms with E-state index in [0.717, 1.165) is 4.90 Å². The number of carbonyl (C=O) groups is 2. The van der Waals surface area contributed by atoms with Gasteiger partial charge in [0.25, 0.3) is 0 Å². The van der Waals surface area contributed by atoms with Crippen LogP contribution in [0.4, 0.5) is 9.18 Å². The van der Waals surface area contributed by atoms with Gasteiger partial charge in [0.1, 0.15) is 11.9 Å². The first-order chi connectivity index (χ1) is 13.2. The van der Waals surface area contributed by atoms with Crippen molar-refractivity contribution in [3.05, 3.63) is 59.4 Å². The molecule has 11 heteroatoms. The molecule has 2 bridgehead atoms. The quantitative estimate of drug-likeness (QED) is 0.743. The molecule has 2 N–H and O–H groups in total. The molecule has 0 spiro atoms. The molecular weight excluding hydrogens is 395 g/mol. The fraction of sp³-hybridized carbons (Fsp3) is 0.176. The van der Waals surface area contributed by atoms with Crippen molar-refractivity contribution in [2.45, 2.75) is 12.1 Å². The summed E-state index contributed by atoms with van der Waals surface area (Å²) >= 11 is 0. The van der Waals surface area contributed by atoms with Crippen LogP contribution < -0.4 is 0 Å². The van der Waals surface area contributed by atoms with Gasteiger partial charge in [0.2, 0.25) is 0 Å². The maximum atomic E-state index is 13.2. The molecule has 2 aromatic carbocycles. The Balaban J connectivity index is 1.85. The van der Waals surface area contributed by atoms with E-state index in [4.69, 9.17) is 4.55 Å². The molecule has 1 saturated heterocycles. The minimum Gasteiger partial charge on any atom is -0.479 e. The van der Waals surface area contributed by atoms with Gasteiger partial charge >= 0.3 is 22.4 Å². The standard InChI is InChI=1S/C17H13FN2O7S/c18-11-4-1-9(2-5-11)10-3-6-12-13(7-10)14-8-19(15(12)16(21)22)17(23)20(14)27-28(24,25)26/h1-7,14-15H,8H2,(H,21,22)(H,24,25,26)/t14-,15-/m1/s1. The second kappa shape index (κ2) is 6.26. The second-order valence-electron chi connectivity index (χ2n) is 6.37. The van der Waals surface area contributed by atoms with Gasteiger partial charge in [0.05, 0.1) is 6.54 Å². The van der Waals surface area contributed by atoms with Crippen LogP contribution in [-0.2, 0) is 19.5 Å². The first-order valence-corrected chi connectivity index (χ1v) is 9.41. The van der Waals surface area contributed by atoms with Gasteiger partial charge in [-0.1, -0.05) is 24.3 Å². The lowest BCUT2D eigenvalue weighted by Crippen LogP contribution is -2.38. The minimum absolute atomic E-state index is 0.134. The van der Waals surface area contributed by atoms with Gasteiger partial charge in [0.15, 0.2) is 6.04 Å². The Morgan fingerprint density at radius 3 is 2.36 bits per heavy atom. The lowest BCUT2D eigenvalue weighted by molar-refractivity contribution is -0.142. The number of benzene rings is 2. The maximum absolute atomic E-state index is 13.2. The number of hydrogen-bond donors (Lipinski definition) is 2. The molecule has 146 valence electrons. The van der Waals surface area contributed by atoms with Crippen LogP contribution in [-0.4, -0.2) is 46.6 Å². The van der Waals surface area contributed by atoms with E-state index >= 15 is 0 Å². The van der Waals surface area contributed by atoms with Crippen molar-refractivity contribution >= 4 is 22.4 Å². The fourth-order valence-electron chi connectivity index (χ4n) is 3.59. The summed E-state index contributed by atoms with van der Waals surface area (Å²) in [6, 6.07) is 7.08. The van der Waals surface area contributed by atoms with Crippen LogP contribution in [0.15, 0.2) is 42.5 Å². The molecule has 0 unspecified atom stereocenters. The number of carbonyl (C=O) groups excluding carboxylic acids is 1. The van der Waals surface area contributed by atoms with Crippen molar-refractivity contribution in [1.82, 2.24) is 9.96 Å². The van der Waals surface area contributed by atoms with Crippen LogP contribution in [0.5, 0.6) is 0 Å². The number of hydroxylamine groups is 2. The van der Waals surface area contributed by atoms with Gasteiger partial charge in [-0.05, 0) is 40.5 Å². The summed E-state index contributed by atoms with van der Waals surface area (Å²) in [5.41, 5.74) is 1.91. The third-order valence-corrected chi connectivity index (χ3v) is 5.07. The highest BCUT2D eigenvalue weighted by Gasteiger charge is 2.52. The zero-order valence-corrected chi connectivity index (χ0v) is 14.8. The van der Waals surface area contributed by atoms with E-state index in [1.807, 2.05) is 0 Å². The summed E-state index contributed by atoms with van der Waals surface area (Å²) in [5.74, 6) is -1.71. The molecule has 2 aromatic rings. The van der Waals surface area contributed by atoms with E-state index in [9.17, 15) is 27.5 Å². The summed E-state index contributed by atoms with van der Waals surface area (Å²) in [6.45, 7) is -0.134. The minimum atomic E-state index is -5.00. The van der Waals surface area contributed by atoms with E-state index in [2.05, 4.69) is 4.28 Å². The smallest absolute Gasteiger partial charge is 0.418 e. The van der Waals surface area contributed by atoms with Crippen LogP contribution in [0.1, 0.15) is 23.2 Å². The third-order valence-electron chi connectivity index (χ3n) is 4.72. The van der Waals surface area contributed by atoms with E-state index < -0.39 is 40.3 Å². The Labute approximate surface area is 158 Å². The van der Waals surface area contributed by atoms with Gasteiger partial charge in [-0.2, -0.15) is 13.5 Å². The molecular formula is C17H13FN2O7S. The molecule has 2 heterocycles. The number of carboxylic acid groups (broad SMARTS) is 1. The van der Waals surface area contributed by atoms with Gasteiger partial charge in [-0.3, -0.25) is 4.55 Å². The predicted molar refractivity (Wildman–Crippen MR) is 91.5 cm³/mol. The van der Waals surface area contributed by atoms with Gasteiger partial charge < -0.3 is 10.0 Å². The Hall–Kier alpha value is -3.02. The second-order valence-corrected chi connectivity index (χ2v) is 7.37. The number of aliphatic carboxylic acids is 1. The number of fused-ring (bicyclic) bond motifs is 4. The highest BCUT2D eigenvalue weighted by Crippen LogP contribution is 2.45. The van der Waals surface area contributed by atoms with Gasteiger partial charge in [-0.15, -0.1) is 4.28 Å². The van der Waals surface area contributed by atoms with Crippen molar-refractivity contribution in [2.24, 2.45) is 0 Å². The molecule has 0 saturated carbocycles. The third kappa shape index (κ3) is 2.99. The molecule has 0 aromatic heterocycles. The van der Waals surface area contributed by atoms with Crippen molar-refractivity contribution < 1.29 is 36.3 Å². The SMILES string of the molecule is O=C(O)[C@H]1c2ccc(-c3ccc(F)cc3)cc2[C@H]2CN1C(=O)N2OS(=O)(=O)O. The molecule has 28 heavy (non-hydrogen) atoms. The van der Waals surface area contributed by atoms with Crippen LogP contribution in [0.2, 0.25) is 0 Å². The van der Waals surface area contributed by atoms with E-state index in [-0.39, 0.29) is 6.54 Å². The van der Waals surface area contributed by atoms with E-state index in [0.29, 0.717) is 27.3 Å². The largest absolute Gasteiger partial charge is 0.479 e. The number of nitrogens with zero attached hydrogens (tertiary/aromatic N) is 2. The Kier molecular flexibility index (Phi) is 4.10. The van der Waals surface area contributed by atoms with Crippen molar-refractivity contribution in [1.29, 1.82) is 0 Å². The van der Waals surface area contributed by atoms with Crippen LogP contribution >= 0.6 is 0 Å². The summed E-state index contributed by atoms with van der Waals surface area (Å²) in [4.78, 5) is 25.2. The Bertz CT molecular complexity index is 1090. The molecule has 9 nitrogen and oxygen atoms in total. The van der Waals surface area contributed by atoms with Gasteiger partial charge in [0, 0.05) is 0 Å². The lowest BCUT2D eigenvalue weighted by Gasteiger charge is -2.30. The highest BCUT2D eigenvalue weighted by atomic mass is 32.3. The Morgan fingerprint density at radius 2 is 1.75 bits per heavy atom. The summed E-state index contributed by atoms with van der Waals surface area (Å²) in [6.07, 6.45) is 0. The summed E-state index contributed by atoms with van der Waals surface area (Å²) in [7, 11) is -5.00. The van der Waals surface area contributed by atoms with Gasteiger partial charge in [-0.25, -0.2) is 14.0 Å². The number of urea groups is 1. The van der Waals surface area contributed by atoms with Crippen LogP contribution in [0, 0.1) is 5.82 Å². The number of carboxylic acids is 1. The predicted octanol–water partition coefficient (Wildman–Crippen LogP) is 2.15. The van der Waals surface area contributed by atoms with Crippen molar-refractivity contribution in [3.63, 3.8) is 0 Å². The molecule has 2 aliphatic heterocycles. The molecule has 2 amide bonds. The number of halogens is 1. The molecule has 1 fully saturated rings. The number of hydrogen-bond acceptors (Lipinski definition) is 5. The lowest BCUT2D eigenvalue weighted by atomic mass is 9.88. The Morgan fingerprint density at radius 1 is 1.11 bits per heavy atom. The maximum Gasteiger partial charge on any atom is 0.418 e.